The van der Waals surface area contributed by atoms with E-state index >= 15 is 0 Å². The van der Waals surface area contributed by atoms with E-state index in [2.05, 4.69) is 4.99 Å². The van der Waals surface area contributed by atoms with Crippen molar-refractivity contribution >= 4 is 35.5 Å². The van der Waals surface area contributed by atoms with Crippen LogP contribution in [0, 0.1) is 5.82 Å². The lowest BCUT2D eigenvalue weighted by Crippen LogP contribution is -2.10. The van der Waals surface area contributed by atoms with Crippen LogP contribution in [0.4, 0.5) is 4.39 Å². The van der Waals surface area contributed by atoms with Gasteiger partial charge in [-0.15, -0.1) is 0 Å². The van der Waals surface area contributed by atoms with E-state index in [-0.39, 0.29) is 22.9 Å². The molecule has 0 radical (unpaired) electrons. The number of cyclic esters (lactones) is 1. The van der Waals surface area contributed by atoms with Gasteiger partial charge in [-0.3, -0.25) is 0 Å². The normalized spacial score (nSPS) is 14.2. The SMILES string of the molecule is COc1ccc(Cl)cc1C1=N/C(=C\c2ccc(OC(=O)c3ccccc3F)cc2)C(=O)O1. The number of nitrogens with zero attached hydrogens (tertiary/aromatic N) is 1. The number of rotatable bonds is 5. The number of aliphatic imine (C=N–C) groups is 1. The summed E-state index contributed by atoms with van der Waals surface area (Å²) in [7, 11) is 1.49. The molecule has 0 aliphatic carbocycles. The minimum atomic E-state index is -0.807. The Morgan fingerprint density at radius 2 is 1.84 bits per heavy atom. The van der Waals surface area contributed by atoms with Gasteiger partial charge in [0.1, 0.15) is 17.3 Å². The molecule has 1 heterocycles. The van der Waals surface area contributed by atoms with Gasteiger partial charge in [0.05, 0.1) is 18.2 Å². The van der Waals surface area contributed by atoms with E-state index in [4.69, 9.17) is 25.8 Å². The number of carbonyl (C=O) groups excluding carboxylic acids is 2. The van der Waals surface area contributed by atoms with Gasteiger partial charge in [-0.1, -0.05) is 35.9 Å². The van der Waals surface area contributed by atoms with Crippen LogP contribution in [0.25, 0.3) is 6.08 Å². The summed E-state index contributed by atoms with van der Waals surface area (Å²) >= 11 is 6.03. The number of ether oxygens (including phenoxy) is 3. The zero-order chi connectivity index (χ0) is 22.7. The van der Waals surface area contributed by atoms with E-state index in [1.165, 1.54) is 43.5 Å². The van der Waals surface area contributed by atoms with E-state index in [0.29, 0.717) is 21.9 Å². The fraction of sp³-hybridized carbons (Fsp3) is 0.0417. The van der Waals surface area contributed by atoms with Crippen LogP contribution in [-0.2, 0) is 9.53 Å². The van der Waals surface area contributed by atoms with Gasteiger partial charge in [-0.2, -0.15) is 0 Å². The molecule has 160 valence electrons. The maximum absolute atomic E-state index is 13.7. The summed E-state index contributed by atoms with van der Waals surface area (Å²) in [5.41, 5.74) is 0.988. The standard InChI is InChI=1S/C24H15ClFNO5/c1-30-21-11-8-15(25)13-18(21)22-27-20(24(29)32-22)12-14-6-9-16(10-7-14)31-23(28)17-4-2-3-5-19(17)26/h2-13H,1H3/b20-12-. The molecule has 1 aliphatic rings. The first-order valence-electron chi connectivity index (χ1n) is 9.38. The van der Waals surface area contributed by atoms with Crippen molar-refractivity contribution in [2.45, 2.75) is 0 Å². The molecule has 3 aromatic carbocycles. The Morgan fingerprint density at radius 3 is 2.56 bits per heavy atom. The van der Waals surface area contributed by atoms with Crippen molar-refractivity contribution in [2.75, 3.05) is 7.11 Å². The van der Waals surface area contributed by atoms with Crippen molar-refractivity contribution in [3.8, 4) is 11.5 Å². The smallest absolute Gasteiger partial charge is 0.363 e. The van der Waals surface area contributed by atoms with Gasteiger partial charge in [0.15, 0.2) is 5.70 Å². The summed E-state index contributed by atoms with van der Waals surface area (Å²) in [6.07, 6.45) is 1.52. The van der Waals surface area contributed by atoms with E-state index < -0.39 is 17.8 Å². The molecule has 4 rings (SSSR count). The first-order chi connectivity index (χ1) is 15.4. The molecule has 3 aromatic rings. The Bertz CT molecular complexity index is 1270. The second-order valence-corrected chi connectivity index (χ2v) is 7.06. The summed E-state index contributed by atoms with van der Waals surface area (Å²) in [5, 5.41) is 0.442. The van der Waals surface area contributed by atoms with Crippen molar-refractivity contribution < 1.29 is 28.2 Å². The second kappa shape index (κ2) is 9.03. The Kier molecular flexibility index (Phi) is 6.00. The zero-order valence-corrected chi connectivity index (χ0v) is 17.4. The highest BCUT2D eigenvalue weighted by molar-refractivity contribution is 6.31. The quantitative estimate of drug-likeness (QED) is 0.308. The average molecular weight is 452 g/mol. The number of carbonyl (C=O) groups is 2. The predicted octanol–water partition coefficient (Wildman–Crippen LogP) is 5.05. The average Bonchev–Trinajstić information content (AvgIpc) is 3.15. The molecular formula is C24H15ClFNO5. The van der Waals surface area contributed by atoms with Crippen LogP contribution in [0.5, 0.6) is 11.5 Å². The van der Waals surface area contributed by atoms with E-state index in [1.54, 1.807) is 36.4 Å². The molecule has 32 heavy (non-hydrogen) atoms. The number of hydrogen-bond donors (Lipinski definition) is 0. The molecule has 0 amide bonds. The monoisotopic (exact) mass is 451 g/mol. The van der Waals surface area contributed by atoms with Crippen LogP contribution in [0.2, 0.25) is 5.02 Å². The molecule has 0 aromatic heterocycles. The van der Waals surface area contributed by atoms with Crippen molar-refractivity contribution in [2.24, 2.45) is 4.99 Å². The molecule has 0 saturated heterocycles. The van der Waals surface area contributed by atoms with Gasteiger partial charge in [-0.05, 0) is 54.1 Å². The fourth-order valence-corrected chi connectivity index (χ4v) is 3.12. The highest BCUT2D eigenvalue weighted by atomic mass is 35.5. The molecule has 0 spiro atoms. The van der Waals surface area contributed by atoms with E-state index in [9.17, 15) is 14.0 Å². The topological polar surface area (TPSA) is 74.2 Å². The molecule has 8 heteroatoms. The van der Waals surface area contributed by atoms with Crippen LogP contribution in [-0.4, -0.2) is 24.9 Å². The third-order valence-electron chi connectivity index (χ3n) is 4.50. The van der Waals surface area contributed by atoms with Crippen LogP contribution >= 0.6 is 11.6 Å². The van der Waals surface area contributed by atoms with Gasteiger partial charge in [0.25, 0.3) is 0 Å². The maximum Gasteiger partial charge on any atom is 0.363 e. The Labute approximate surface area is 187 Å². The lowest BCUT2D eigenvalue weighted by molar-refractivity contribution is -0.129. The molecule has 0 fully saturated rings. The van der Waals surface area contributed by atoms with Crippen LogP contribution in [0.3, 0.4) is 0 Å². The lowest BCUT2D eigenvalue weighted by atomic mass is 10.2. The highest BCUT2D eigenvalue weighted by Gasteiger charge is 2.26. The minimum absolute atomic E-state index is 0.0797. The van der Waals surface area contributed by atoms with Crippen LogP contribution in [0.15, 0.2) is 77.4 Å². The van der Waals surface area contributed by atoms with Gasteiger partial charge >= 0.3 is 11.9 Å². The Balaban J connectivity index is 1.53. The number of hydrogen-bond acceptors (Lipinski definition) is 6. The summed E-state index contributed by atoms with van der Waals surface area (Å²) in [4.78, 5) is 28.6. The molecule has 1 aliphatic heterocycles. The molecular weight excluding hydrogens is 437 g/mol. The van der Waals surface area contributed by atoms with Crippen molar-refractivity contribution in [3.63, 3.8) is 0 Å². The van der Waals surface area contributed by atoms with Crippen molar-refractivity contribution in [1.29, 1.82) is 0 Å². The Hall–Kier alpha value is -3.97. The van der Waals surface area contributed by atoms with Gasteiger partial charge in [0.2, 0.25) is 5.90 Å². The molecule has 6 nitrogen and oxygen atoms in total. The molecule has 0 bridgehead atoms. The van der Waals surface area contributed by atoms with Crippen molar-refractivity contribution in [1.82, 2.24) is 0 Å². The van der Waals surface area contributed by atoms with Gasteiger partial charge in [0, 0.05) is 5.02 Å². The first kappa shape index (κ1) is 21.3. The summed E-state index contributed by atoms with van der Waals surface area (Å²) < 4.78 is 29.4. The number of halogens is 2. The van der Waals surface area contributed by atoms with E-state index in [1.807, 2.05) is 0 Å². The van der Waals surface area contributed by atoms with Crippen LogP contribution < -0.4 is 9.47 Å². The predicted molar refractivity (Wildman–Crippen MR) is 116 cm³/mol. The summed E-state index contributed by atoms with van der Waals surface area (Å²) in [6.45, 7) is 0. The van der Waals surface area contributed by atoms with Gasteiger partial charge < -0.3 is 14.2 Å². The third-order valence-corrected chi connectivity index (χ3v) is 4.74. The maximum atomic E-state index is 13.7. The number of esters is 2. The molecule has 0 saturated carbocycles. The first-order valence-corrected chi connectivity index (χ1v) is 9.75. The van der Waals surface area contributed by atoms with Crippen molar-refractivity contribution in [3.05, 3.63) is 100.0 Å². The lowest BCUT2D eigenvalue weighted by Gasteiger charge is -2.07. The molecule has 0 N–H and O–H groups in total. The number of methoxy groups -OCH3 is 1. The Morgan fingerprint density at radius 1 is 1.09 bits per heavy atom. The molecule has 0 atom stereocenters. The second-order valence-electron chi connectivity index (χ2n) is 6.62. The molecule has 0 unspecified atom stereocenters. The minimum Gasteiger partial charge on any atom is -0.496 e. The number of benzene rings is 3. The summed E-state index contributed by atoms with van der Waals surface area (Å²) in [5.74, 6) is -1.33. The zero-order valence-electron chi connectivity index (χ0n) is 16.7. The highest BCUT2D eigenvalue weighted by Crippen LogP contribution is 2.28. The van der Waals surface area contributed by atoms with Gasteiger partial charge in [-0.25, -0.2) is 19.0 Å². The third kappa shape index (κ3) is 4.53. The fourth-order valence-electron chi connectivity index (χ4n) is 2.95. The largest absolute Gasteiger partial charge is 0.496 e. The summed E-state index contributed by atoms with van der Waals surface area (Å²) in [6, 6.07) is 16.7. The van der Waals surface area contributed by atoms with Crippen LogP contribution in [0.1, 0.15) is 21.5 Å². The van der Waals surface area contributed by atoms with E-state index in [0.717, 1.165) is 0 Å².